The van der Waals surface area contributed by atoms with Crippen LogP contribution in [0.25, 0.3) is 0 Å². The van der Waals surface area contributed by atoms with E-state index in [0.717, 1.165) is 5.56 Å². The van der Waals surface area contributed by atoms with Gasteiger partial charge in [0.25, 0.3) is 0 Å². The van der Waals surface area contributed by atoms with Gasteiger partial charge in [0.15, 0.2) is 0 Å². The van der Waals surface area contributed by atoms with Gasteiger partial charge in [-0.2, -0.15) is 5.26 Å². The van der Waals surface area contributed by atoms with E-state index in [4.69, 9.17) is 10.00 Å². The summed E-state index contributed by atoms with van der Waals surface area (Å²) in [5, 5.41) is 8.54. The molecule has 0 atom stereocenters. The molecule has 1 aromatic heterocycles. The number of pyridine rings is 1. The van der Waals surface area contributed by atoms with E-state index < -0.39 is 0 Å². The van der Waals surface area contributed by atoms with Crippen molar-refractivity contribution in [2.75, 3.05) is 0 Å². The number of ether oxygens (including phenoxy) is 1. The molecule has 0 aliphatic heterocycles. The molecule has 1 aromatic carbocycles. The molecule has 0 fully saturated rings. The van der Waals surface area contributed by atoms with Crippen molar-refractivity contribution >= 4 is 0 Å². The van der Waals surface area contributed by atoms with E-state index in [2.05, 4.69) is 4.98 Å². The topological polar surface area (TPSA) is 45.9 Å². The molecule has 0 saturated heterocycles. The van der Waals surface area contributed by atoms with Gasteiger partial charge < -0.3 is 4.74 Å². The Hall–Kier alpha value is -2.34. The first kappa shape index (κ1) is 10.2. The predicted molar refractivity (Wildman–Crippen MR) is 59.8 cm³/mol. The van der Waals surface area contributed by atoms with Crippen molar-refractivity contribution in [1.29, 1.82) is 5.26 Å². The fraction of sp³-hybridized carbons (Fsp3) is 0. The van der Waals surface area contributed by atoms with Crippen LogP contribution in [0.5, 0.6) is 11.5 Å². The lowest BCUT2D eigenvalue weighted by Crippen LogP contribution is -1.86. The number of nitrogens with zero attached hydrogens (tertiary/aromatic N) is 2. The Labute approximate surface area is 93.9 Å². The second kappa shape index (κ2) is 4.94. The highest BCUT2D eigenvalue weighted by Gasteiger charge is 1.98. The average molecular weight is 209 g/mol. The summed E-state index contributed by atoms with van der Waals surface area (Å²) >= 11 is 0. The van der Waals surface area contributed by atoms with Crippen LogP contribution in [0, 0.1) is 17.8 Å². The molecule has 0 unspecified atom stereocenters. The van der Waals surface area contributed by atoms with Gasteiger partial charge in [-0.15, -0.1) is 0 Å². The minimum absolute atomic E-state index is 0.677. The smallest absolute Gasteiger partial charge is 0.145 e. The highest BCUT2D eigenvalue weighted by atomic mass is 16.5. The van der Waals surface area contributed by atoms with E-state index in [-0.39, 0.29) is 0 Å². The Morgan fingerprint density at radius 1 is 1.19 bits per heavy atom. The van der Waals surface area contributed by atoms with Crippen LogP contribution in [0.4, 0.5) is 0 Å². The van der Waals surface area contributed by atoms with Gasteiger partial charge in [-0.3, -0.25) is 4.98 Å². The normalized spacial score (nSPS) is 9.44. The van der Waals surface area contributed by atoms with Gasteiger partial charge in [0.05, 0.1) is 18.7 Å². The van der Waals surface area contributed by atoms with Crippen LogP contribution < -0.4 is 4.74 Å². The number of aromatic nitrogens is 1. The molecule has 0 saturated carbocycles. The van der Waals surface area contributed by atoms with Crippen LogP contribution in [-0.2, 0) is 0 Å². The minimum Gasteiger partial charge on any atom is -0.456 e. The maximum absolute atomic E-state index is 8.54. The Balaban J connectivity index is 2.16. The van der Waals surface area contributed by atoms with Crippen molar-refractivity contribution in [1.82, 2.24) is 4.98 Å². The Kier molecular flexibility index (Phi) is 3.15. The molecule has 0 amide bonds. The maximum Gasteiger partial charge on any atom is 0.145 e. The molecule has 3 nitrogen and oxygen atoms in total. The van der Waals surface area contributed by atoms with Crippen LogP contribution in [0.3, 0.4) is 0 Å². The van der Waals surface area contributed by atoms with Gasteiger partial charge in [-0.25, -0.2) is 0 Å². The molecule has 0 N–H and O–H groups in total. The maximum atomic E-state index is 8.54. The predicted octanol–water partition coefficient (Wildman–Crippen LogP) is 2.95. The summed E-state index contributed by atoms with van der Waals surface area (Å²) in [6.07, 6.45) is 4.80. The van der Waals surface area contributed by atoms with Gasteiger partial charge in [0.1, 0.15) is 11.5 Å². The molecular weight excluding hydrogens is 200 g/mol. The molecule has 0 spiro atoms. The first-order valence-corrected chi connectivity index (χ1v) is 4.79. The van der Waals surface area contributed by atoms with Crippen molar-refractivity contribution in [3.8, 4) is 17.6 Å². The van der Waals surface area contributed by atoms with Crippen molar-refractivity contribution < 1.29 is 4.74 Å². The molecule has 77 valence electrons. The largest absolute Gasteiger partial charge is 0.456 e. The number of hydrogen-bond donors (Lipinski definition) is 0. The van der Waals surface area contributed by atoms with Gasteiger partial charge in [0.2, 0.25) is 0 Å². The van der Waals surface area contributed by atoms with E-state index in [1.807, 2.05) is 30.3 Å². The van der Waals surface area contributed by atoms with Crippen LogP contribution in [0.1, 0.15) is 5.56 Å². The first-order valence-electron chi connectivity index (χ1n) is 4.79. The number of nitriles is 1. The minimum atomic E-state index is 0.677. The highest BCUT2D eigenvalue weighted by Crippen LogP contribution is 2.21. The van der Waals surface area contributed by atoms with E-state index in [1.165, 1.54) is 6.42 Å². The Morgan fingerprint density at radius 3 is 2.81 bits per heavy atom. The van der Waals surface area contributed by atoms with Crippen LogP contribution >= 0.6 is 0 Å². The first-order chi connectivity index (χ1) is 7.88. The molecule has 3 heteroatoms. The third-order valence-electron chi connectivity index (χ3n) is 1.96. The van der Waals surface area contributed by atoms with E-state index >= 15 is 0 Å². The molecule has 2 rings (SSSR count). The summed E-state index contributed by atoms with van der Waals surface area (Å²) in [5.74, 6) is 1.37. The van der Waals surface area contributed by atoms with Crippen molar-refractivity contribution in [2.45, 2.75) is 0 Å². The molecule has 2 aromatic rings. The van der Waals surface area contributed by atoms with E-state index in [9.17, 15) is 0 Å². The summed E-state index contributed by atoms with van der Waals surface area (Å²) < 4.78 is 5.57. The van der Waals surface area contributed by atoms with Gasteiger partial charge >= 0.3 is 0 Å². The molecule has 0 aliphatic carbocycles. The zero-order valence-electron chi connectivity index (χ0n) is 8.50. The van der Waals surface area contributed by atoms with Crippen LogP contribution in [0.15, 0.2) is 48.8 Å². The molecule has 0 aliphatic rings. The highest BCUT2D eigenvalue weighted by molar-refractivity contribution is 5.38. The lowest BCUT2D eigenvalue weighted by atomic mass is 10.1. The number of hydrogen-bond acceptors (Lipinski definition) is 3. The lowest BCUT2D eigenvalue weighted by Gasteiger charge is -2.05. The lowest BCUT2D eigenvalue weighted by molar-refractivity contribution is 0.480. The number of rotatable bonds is 3. The van der Waals surface area contributed by atoms with Crippen LogP contribution in [-0.4, -0.2) is 4.98 Å². The van der Waals surface area contributed by atoms with Gasteiger partial charge in [-0.05, 0) is 29.8 Å². The van der Waals surface area contributed by atoms with Crippen LogP contribution in [0.2, 0.25) is 0 Å². The second-order valence-corrected chi connectivity index (χ2v) is 3.14. The van der Waals surface area contributed by atoms with Gasteiger partial charge in [0, 0.05) is 6.20 Å². The monoisotopic (exact) mass is 209 g/mol. The summed E-state index contributed by atoms with van der Waals surface area (Å²) in [6.45, 7) is 0. The average Bonchev–Trinajstić information content (AvgIpc) is 2.31. The van der Waals surface area contributed by atoms with Crippen molar-refractivity contribution in [3.05, 3.63) is 60.8 Å². The molecular formula is C13H9N2O. The van der Waals surface area contributed by atoms with E-state index in [1.54, 1.807) is 24.5 Å². The standard InChI is InChI=1S/C13H9N2O/c14-7-6-11-3-1-4-12(9-11)16-13-5-2-8-15-10-13/h1-6,8-10H. The summed E-state index contributed by atoms with van der Waals surface area (Å²) in [7, 11) is 0. The van der Waals surface area contributed by atoms with Crippen molar-refractivity contribution in [2.24, 2.45) is 0 Å². The van der Waals surface area contributed by atoms with E-state index in [0.29, 0.717) is 11.5 Å². The Morgan fingerprint density at radius 2 is 2.06 bits per heavy atom. The summed E-state index contributed by atoms with van der Waals surface area (Å²) in [5.41, 5.74) is 0.823. The molecule has 16 heavy (non-hydrogen) atoms. The van der Waals surface area contributed by atoms with Crippen molar-refractivity contribution in [3.63, 3.8) is 0 Å². The third kappa shape index (κ3) is 2.58. The second-order valence-electron chi connectivity index (χ2n) is 3.14. The molecule has 1 heterocycles. The fourth-order valence-corrected chi connectivity index (χ4v) is 1.29. The zero-order chi connectivity index (χ0) is 11.2. The summed E-state index contributed by atoms with van der Waals surface area (Å²) in [4.78, 5) is 3.95. The molecule has 0 bridgehead atoms. The Bertz CT molecular complexity index is 503. The molecule has 1 radical (unpaired) electrons. The van der Waals surface area contributed by atoms with Gasteiger partial charge in [-0.1, -0.05) is 12.1 Å². The third-order valence-corrected chi connectivity index (χ3v) is 1.96. The summed E-state index contributed by atoms with van der Waals surface area (Å²) in [6, 6.07) is 12.9. The zero-order valence-corrected chi connectivity index (χ0v) is 8.50. The fourth-order valence-electron chi connectivity index (χ4n) is 1.29. The SMILES string of the molecule is N#C[CH]c1cccc(Oc2cccnc2)c1. The quantitative estimate of drug-likeness (QED) is 0.780. The number of benzene rings is 1.